The highest BCUT2D eigenvalue weighted by atomic mass is 15.0. The van der Waals surface area contributed by atoms with Crippen LogP contribution in [0.15, 0.2) is 6.33 Å². The van der Waals surface area contributed by atoms with Gasteiger partial charge in [-0.05, 0) is 18.3 Å². The van der Waals surface area contributed by atoms with Crippen LogP contribution in [0, 0.1) is 5.92 Å². The van der Waals surface area contributed by atoms with Gasteiger partial charge in [-0.1, -0.05) is 27.7 Å². The van der Waals surface area contributed by atoms with Gasteiger partial charge in [0.2, 0.25) is 0 Å². The first-order valence-corrected chi connectivity index (χ1v) is 5.57. The molecule has 0 atom stereocenters. The van der Waals surface area contributed by atoms with E-state index in [2.05, 4.69) is 43.0 Å². The van der Waals surface area contributed by atoms with E-state index in [0.717, 1.165) is 12.2 Å². The molecule has 0 unspecified atom stereocenters. The van der Waals surface area contributed by atoms with Crippen molar-refractivity contribution in [3.05, 3.63) is 17.6 Å². The first kappa shape index (κ1) is 12.0. The summed E-state index contributed by atoms with van der Waals surface area (Å²) >= 11 is 0. The molecule has 0 amide bonds. The molecule has 1 heterocycles. The van der Waals surface area contributed by atoms with Crippen LogP contribution in [0.25, 0.3) is 0 Å². The van der Waals surface area contributed by atoms with Gasteiger partial charge in [0, 0.05) is 18.3 Å². The van der Waals surface area contributed by atoms with Crippen molar-refractivity contribution in [2.45, 2.75) is 40.0 Å². The van der Waals surface area contributed by atoms with Gasteiger partial charge in [-0.3, -0.25) is 0 Å². The Hall–Kier alpha value is -1.12. The minimum Gasteiger partial charge on any atom is -0.373 e. The molecule has 1 aromatic rings. The van der Waals surface area contributed by atoms with Crippen LogP contribution in [0.1, 0.15) is 44.9 Å². The quantitative estimate of drug-likeness (QED) is 0.825. The molecule has 0 fully saturated rings. The molecule has 0 radical (unpaired) electrons. The predicted octanol–water partition coefficient (Wildman–Crippen LogP) is 2.84. The minimum absolute atomic E-state index is 0.461. The second-order valence-corrected chi connectivity index (χ2v) is 4.59. The van der Waals surface area contributed by atoms with Crippen molar-refractivity contribution < 1.29 is 0 Å². The zero-order valence-corrected chi connectivity index (χ0v) is 10.3. The molecule has 1 N–H and O–H groups in total. The van der Waals surface area contributed by atoms with E-state index in [1.807, 2.05) is 7.05 Å². The van der Waals surface area contributed by atoms with Gasteiger partial charge in [0.1, 0.15) is 12.1 Å². The van der Waals surface area contributed by atoms with Crippen LogP contribution < -0.4 is 5.32 Å². The molecule has 0 bridgehead atoms. The van der Waals surface area contributed by atoms with Crippen molar-refractivity contribution >= 4 is 5.82 Å². The molecule has 15 heavy (non-hydrogen) atoms. The summed E-state index contributed by atoms with van der Waals surface area (Å²) in [6, 6.07) is 0. The molecular formula is C12H21N3. The molecule has 84 valence electrons. The maximum atomic E-state index is 4.40. The summed E-state index contributed by atoms with van der Waals surface area (Å²) in [5.74, 6) is 2.06. The third-order valence-corrected chi connectivity index (χ3v) is 2.38. The smallest absolute Gasteiger partial charge is 0.132 e. The molecule has 0 spiro atoms. The Bertz CT molecular complexity index is 319. The standard InChI is InChI=1S/C12H21N3/c1-8(2)6-10-11(9(3)4)12(13-5)15-7-14-10/h7-9H,6H2,1-5H3,(H,13,14,15). The highest BCUT2D eigenvalue weighted by Crippen LogP contribution is 2.25. The highest BCUT2D eigenvalue weighted by Gasteiger charge is 2.14. The van der Waals surface area contributed by atoms with E-state index in [1.165, 1.54) is 11.3 Å². The minimum atomic E-state index is 0.461. The molecule has 3 nitrogen and oxygen atoms in total. The van der Waals surface area contributed by atoms with E-state index < -0.39 is 0 Å². The van der Waals surface area contributed by atoms with Gasteiger partial charge >= 0.3 is 0 Å². The fourth-order valence-corrected chi connectivity index (χ4v) is 1.79. The highest BCUT2D eigenvalue weighted by molar-refractivity contribution is 5.47. The van der Waals surface area contributed by atoms with E-state index in [0.29, 0.717) is 11.8 Å². The lowest BCUT2D eigenvalue weighted by Crippen LogP contribution is -2.09. The summed E-state index contributed by atoms with van der Waals surface area (Å²) in [4.78, 5) is 8.66. The van der Waals surface area contributed by atoms with E-state index >= 15 is 0 Å². The first-order valence-electron chi connectivity index (χ1n) is 5.57. The monoisotopic (exact) mass is 207 g/mol. The van der Waals surface area contributed by atoms with E-state index in [1.54, 1.807) is 6.33 Å². The predicted molar refractivity (Wildman–Crippen MR) is 64.2 cm³/mol. The summed E-state index contributed by atoms with van der Waals surface area (Å²) in [5.41, 5.74) is 2.44. The van der Waals surface area contributed by atoms with E-state index in [-0.39, 0.29) is 0 Å². The molecular weight excluding hydrogens is 186 g/mol. The third-order valence-electron chi connectivity index (χ3n) is 2.38. The zero-order valence-electron chi connectivity index (χ0n) is 10.3. The fourth-order valence-electron chi connectivity index (χ4n) is 1.79. The molecule has 0 saturated carbocycles. The van der Waals surface area contributed by atoms with Crippen LogP contribution in [-0.2, 0) is 6.42 Å². The number of hydrogen-bond donors (Lipinski definition) is 1. The van der Waals surface area contributed by atoms with Crippen LogP contribution in [-0.4, -0.2) is 17.0 Å². The van der Waals surface area contributed by atoms with Crippen molar-refractivity contribution in [3.8, 4) is 0 Å². The van der Waals surface area contributed by atoms with Gasteiger partial charge in [0.05, 0.1) is 0 Å². The van der Waals surface area contributed by atoms with Crippen LogP contribution in [0.3, 0.4) is 0 Å². The first-order chi connectivity index (χ1) is 7.06. The van der Waals surface area contributed by atoms with Crippen molar-refractivity contribution in [1.29, 1.82) is 0 Å². The number of aromatic nitrogens is 2. The maximum absolute atomic E-state index is 4.40. The number of nitrogens with one attached hydrogen (secondary N) is 1. The average Bonchev–Trinajstić information content (AvgIpc) is 2.15. The summed E-state index contributed by atoms with van der Waals surface area (Å²) < 4.78 is 0. The molecule has 1 rings (SSSR count). The van der Waals surface area contributed by atoms with Crippen LogP contribution in [0.4, 0.5) is 5.82 Å². The molecule has 3 heteroatoms. The van der Waals surface area contributed by atoms with Gasteiger partial charge in [-0.15, -0.1) is 0 Å². The van der Waals surface area contributed by atoms with Crippen molar-refractivity contribution in [1.82, 2.24) is 9.97 Å². The van der Waals surface area contributed by atoms with Crippen molar-refractivity contribution in [2.24, 2.45) is 5.92 Å². The van der Waals surface area contributed by atoms with Gasteiger partial charge in [-0.2, -0.15) is 0 Å². The SMILES string of the molecule is CNc1ncnc(CC(C)C)c1C(C)C. The largest absolute Gasteiger partial charge is 0.373 e. The lowest BCUT2D eigenvalue weighted by atomic mass is 9.96. The summed E-state index contributed by atoms with van der Waals surface area (Å²) in [5, 5.41) is 3.14. The van der Waals surface area contributed by atoms with Crippen molar-refractivity contribution in [2.75, 3.05) is 12.4 Å². The number of nitrogens with zero attached hydrogens (tertiary/aromatic N) is 2. The molecule has 0 aliphatic heterocycles. The summed E-state index contributed by atoms with van der Waals surface area (Å²) in [7, 11) is 1.91. The van der Waals surface area contributed by atoms with E-state index in [9.17, 15) is 0 Å². The number of hydrogen-bond acceptors (Lipinski definition) is 3. The molecule has 0 aliphatic rings. The second-order valence-electron chi connectivity index (χ2n) is 4.59. The molecule has 0 saturated heterocycles. The number of anilines is 1. The van der Waals surface area contributed by atoms with Crippen molar-refractivity contribution in [3.63, 3.8) is 0 Å². The summed E-state index contributed by atoms with van der Waals surface area (Å²) in [6.07, 6.45) is 2.67. The Morgan fingerprint density at radius 2 is 1.87 bits per heavy atom. The van der Waals surface area contributed by atoms with E-state index in [4.69, 9.17) is 0 Å². The molecule has 0 aliphatic carbocycles. The zero-order chi connectivity index (χ0) is 11.4. The fraction of sp³-hybridized carbons (Fsp3) is 0.667. The van der Waals surface area contributed by atoms with Crippen LogP contribution in [0.5, 0.6) is 0 Å². The Balaban J connectivity index is 3.13. The summed E-state index contributed by atoms with van der Waals surface area (Å²) in [6.45, 7) is 8.79. The van der Waals surface area contributed by atoms with Gasteiger partial charge in [0.15, 0.2) is 0 Å². The Kier molecular flexibility index (Phi) is 4.06. The topological polar surface area (TPSA) is 37.8 Å². The van der Waals surface area contributed by atoms with Crippen LogP contribution >= 0.6 is 0 Å². The average molecular weight is 207 g/mol. The lowest BCUT2D eigenvalue weighted by molar-refractivity contribution is 0.623. The van der Waals surface area contributed by atoms with Gasteiger partial charge in [-0.25, -0.2) is 9.97 Å². The molecule has 1 aromatic heterocycles. The lowest BCUT2D eigenvalue weighted by Gasteiger charge is -2.16. The normalized spacial score (nSPS) is 11.1. The Labute approximate surface area is 92.3 Å². The Morgan fingerprint density at radius 1 is 1.20 bits per heavy atom. The number of rotatable bonds is 4. The second kappa shape index (κ2) is 5.10. The van der Waals surface area contributed by atoms with Gasteiger partial charge < -0.3 is 5.32 Å². The maximum Gasteiger partial charge on any atom is 0.132 e. The van der Waals surface area contributed by atoms with Gasteiger partial charge in [0.25, 0.3) is 0 Å². The molecule has 0 aromatic carbocycles. The third kappa shape index (κ3) is 2.91. The Morgan fingerprint density at radius 3 is 2.33 bits per heavy atom. The van der Waals surface area contributed by atoms with Crippen LogP contribution in [0.2, 0.25) is 0 Å².